The number of benzene rings is 2. The SMILES string of the molecule is CCN(CC)C(=O)c1csc(-c2cccc(OCc3c(F)cccc3F)c2)n1. The fourth-order valence-electron chi connectivity index (χ4n) is 2.72. The van der Waals surface area contributed by atoms with E-state index in [2.05, 4.69) is 4.98 Å². The number of halogens is 2. The molecule has 0 aliphatic rings. The lowest BCUT2D eigenvalue weighted by Gasteiger charge is -2.16. The van der Waals surface area contributed by atoms with Gasteiger partial charge < -0.3 is 9.64 Å². The predicted molar refractivity (Wildman–Crippen MR) is 105 cm³/mol. The van der Waals surface area contributed by atoms with Gasteiger partial charge in [0, 0.05) is 24.0 Å². The molecule has 28 heavy (non-hydrogen) atoms. The van der Waals surface area contributed by atoms with E-state index in [9.17, 15) is 13.6 Å². The minimum atomic E-state index is -0.643. The van der Waals surface area contributed by atoms with Gasteiger partial charge in [-0.3, -0.25) is 4.79 Å². The van der Waals surface area contributed by atoms with Gasteiger partial charge >= 0.3 is 0 Å². The first-order chi connectivity index (χ1) is 13.5. The highest BCUT2D eigenvalue weighted by molar-refractivity contribution is 7.13. The molecule has 0 aliphatic heterocycles. The molecule has 0 aliphatic carbocycles. The minimum absolute atomic E-state index is 0.102. The summed E-state index contributed by atoms with van der Waals surface area (Å²) in [6.45, 7) is 4.88. The van der Waals surface area contributed by atoms with E-state index in [4.69, 9.17) is 4.74 Å². The molecule has 0 N–H and O–H groups in total. The molecule has 0 radical (unpaired) electrons. The molecule has 0 bridgehead atoms. The zero-order chi connectivity index (χ0) is 20.1. The molecular weight excluding hydrogens is 382 g/mol. The molecule has 0 saturated heterocycles. The highest BCUT2D eigenvalue weighted by Crippen LogP contribution is 2.28. The third kappa shape index (κ3) is 4.36. The van der Waals surface area contributed by atoms with Crippen molar-refractivity contribution in [2.45, 2.75) is 20.5 Å². The predicted octanol–water partition coefficient (Wildman–Crippen LogP) is 5.15. The fraction of sp³-hybridized carbons (Fsp3) is 0.238. The quantitative estimate of drug-likeness (QED) is 0.549. The standard InChI is InChI=1S/C21H20F2N2O2S/c1-3-25(4-2)21(26)19-13-28-20(24-19)14-7-5-8-15(11-14)27-12-16-17(22)9-6-10-18(16)23/h5-11,13H,3-4,12H2,1-2H3. The Hall–Kier alpha value is -2.80. The van der Waals surface area contributed by atoms with Gasteiger partial charge in [0.25, 0.3) is 5.91 Å². The van der Waals surface area contributed by atoms with Crippen LogP contribution in [0.3, 0.4) is 0 Å². The molecule has 0 unspecified atom stereocenters. The average molecular weight is 402 g/mol. The number of thiazole rings is 1. The van der Waals surface area contributed by atoms with E-state index in [0.29, 0.717) is 29.5 Å². The van der Waals surface area contributed by atoms with E-state index >= 15 is 0 Å². The Labute approximate surface area is 166 Å². The van der Waals surface area contributed by atoms with Crippen molar-refractivity contribution in [2.24, 2.45) is 0 Å². The van der Waals surface area contributed by atoms with Crippen LogP contribution in [0.15, 0.2) is 47.8 Å². The van der Waals surface area contributed by atoms with Crippen LogP contribution in [0.2, 0.25) is 0 Å². The molecule has 7 heteroatoms. The number of aromatic nitrogens is 1. The maximum atomic E-state index is 13.7. The first-order valence-corrected chi connectivity index (χ1v) is 9.82. The fourth-order valence-corrected chi connectivity index (χ4v) is 3.51. The number of rotatable bonds is 7. The second-order valence-corrected chi connectivity index (χ2v) is 6.89. The minimum Gasteiger partial charge on any atom is -0.489 e. The number of amides is 1. The van der Waals surface area contributed by atoms with Crippen LogP contribution in [-0.4, -0.2) is 28.9 Å². The Morgan fingerprint density at radius 2 is 1.79 bits per heavy atom. The molecule has 1 aromatic heterocycles. The third-order valence-corrected chi connectivity index (χ3v) is 5.19. The monoisotopic (exact) mass is 402 g/mol. The number of carbonyl (C=O) groups is 1. The molecule has 3 rings (SSSR count). The summed E-state index contributed by atoms with van der Waals surface area (Å²) in [7, 11) is 0. The van der Waals surface area contributed by atoms with Gasteiger partial charge in [-0.15, -0.1) is 11.3 Å². The van der Waals surface area contributed by atoms with E-state index in [1.807, 2.05) is 19.9 Å². The molecule has 0 fully saturated rings. The lowest BCUT2D eigenvalue weighted by atomic mass is 10.2. The highest BCUT2D eigenvalue weighted by Gasteiger charge is 2.17. The van der Waals surface area contributed by atoms with Gasteiger partial charge in [-0.1, -0.05) is 18.2 Å². The summed E-state index contributed by atoms with van der Waals surface area (Å²) in [5.74, 6) is -0.923. The second kappa shape index (κ2) is 8.93. The first-order valence-electron chi connectivity index (χ1n) is 8.94. The van der Waals surface area contributed by atoms with Crippen LogP contribution < -0.4 is 4.74 Å². The Balaban J connectivity index is 1.76. The van der Waals surface area contributed by atoms with Crippen LogP contribution in [0, 0.1) is 11.6 Å². The zero-order valence-corrected chi connectivity index (χ0v) is 16.4. The smallest absolute Gasteiger partial charge is 0.273 e. The van der Waals surface area contributed by atoms with Crippen molar-refractivity contribution >= 4 is 17.2 Å². The van der Waals surface area contributed by atoms with Crippen LogP contribution in [0.25, 0.3) is 10.6 Å². The van der Waals surface area contributed by atoms with E-state index in [-0.39, 0.29) is 18.1 Å². The number of hydrogen-bond acceptors (Lipinski definition) is 4. The van der Waals surface area contributed by atoms with Gasteiger partial charge in [0.1, 0.15) is 34.7 Å². The van der Waals surface area contributed by atoms with E-state index in [0.717, 1.165) is 5.56 Å². The Bertz CT molecular complexity index is 950. The Morgan fingerprint density at radius 1 is 1.11 bits per heavy atom. The van der Waals surface area contributed by atoms with Crippen molar-refractivity contribution in [1.82, 2.24) is 9.88 Å². The van der Waals surface area contributed by atoms with Crippen LogP contribution in [-0.2, 0) is 6.61 Å². The molecule has 146 valence electrons. The van der Waals surface area contributed by atoms with Crippen molar-refractivity contribution in [1.29, 1.82) is 0 Å². The third-order valence-electron chi connectivity index (χ3n) is 4.30. The first kappa shape index (κ1) is 19.9. The maximum absolute atomic E-state index is 13.7. The van der Waals surface area contributed by atoms with Crippen molar-refractivity contribution in [2.75, 3.05) is 13.1 Å². The molecular formula is C21H20F2N2O2S. The molecule has 1 amide bonds. The van der Waals surface area contributed by atoms with Gasteiger partial charge in [0.15, 0.2) is 0 Å². The van der Waals surface area contributed by atoms with E-state index < -0.39 is 11.6 Å². The van der Waals surface area contributed by atoms with Crippen LogP contribution >= 0.6 is 11.3 Å². The number of carbonyl (C=O) groups excluding carboxylic acids is 1. The summed E-state index contributed by atoms with van der Waals surface area (Å²) < 4.78 is 33.0. The Kier molecular flexibility index (Phi) is 6.36. The van der Waals surface area contributed by atoms with E-state index in [1.165, 1.54) is 29.5 Å². The summed E-state index contributed by atoms with van der Waals surface area (Å²) in [6, 6.07) is 10.8. The number of ether oxygens (including phenoxy) is 1. The molecule has 1 heterocycles. The molecule has 0 saturated carbocycles. The second-order valence-electron chi connectivity index (χ2n) is 6.03. The topological polar surface area (TPSA) is 42.4 Å². The normalized spacial score (nSPS) is 10.7. The van der Waals surface area contributed by atoms with Crippen molar-refractivity contribution in [3.63, 3.8) is 0 Å². The molecule has 0 spiro atoms. The number of hydrogen-bond donors (Lipinski definition) is 0. The summed E-state index contributed by atoms with van der Waals surface area (Å²) in [4.78, 5) is 18.6. The average Bonchev–Trinajstić information content (AvgIpc) is 3.19. The lowest BCUT2D eigenvalue weighted by molar-refractivity contribution is 0.0768. The van der Waals surface area contributed by atoms with Crippen molar-refractivity contribution < 1.29 is 18.3 Å². The summed E-state index contributed by atoms with van der Waals surface area (Å²) in [5, 5.41) is 2.41. The van der Waals surface area contributed by atoms with Crippen molar-refractivity contribution in [3.8, 4) is 16.3 Å². The van der Waals surface area contributed by atoms with E-state index in [1.54, 1.807) is 28.5 Å². The van der Waals surface area contributed by atoms with Gasteiger partial charge in [-0.2, -0.15) is 0 Å². The zero-order valence-electron chi connectivity index (χ0n) is 15.6. The largest absolute Gasteiger partial charge is 0.489 e. The van der Waals surface area contributed by atoms with Crippen LogP contribution in [0.1, 0.15) is 29.9 Å². The highest BCUT2D eigenvalue weighted by atomic mass is 32.1. The number of nitrogens with zero attached hydrogens (tertiary/aromatic N) is 2. The van der Waals surface area contributed by atoms with Gasteiger partial charge in [0.2, 0.25) is 0 Å². The van der Waals surface area contributed by atoms with Gasteiger partial charge in [0.05, 0.1) is 5.56 Å². The molecule has 4 nitrogen and oxygen atoms in total. The van der Waals surface area contributed by atoms with Crippen LogP contribution in [0.4, 0.5) is 8.78 Å². The molecule has 2 aromatic carbocycles. The molecule has 0 atom stereocenters. The van der Waals surface area contributed by atoms with Crippen LogP contribution in [0.5, 0.6) is 5.75 Å². The molecule has 3 aromatic rings. The summed E-state index contributed by atoms with van der Waals surface area (Å²) in [5.41, 5.74) is 1.06. The maximum Gasteiger partial charge on any atom is 0.273 e. The summed E-state index contributed by atoms with van der Waals surface area (Å²) >= 11 is 1.36. The summed E-state index contributed by atoms with van der Waals surface area (Å²) in [6.07, 6.45) is 0. The van der Waals surface area contributed by atoms with Crippen molar-refractivity contribution in [3.05, 3.63) is 70.7 Å². The van der Waals surface area contributed by atoms with Gasteiger partial charge in [-0.25, -0.2) is 13.8 Å². The lowest BCUT2D eigenvalue weighted by Crippen LogP contribution is -2.30. The van der Waals surface area contributed by atoms with Gasteiger partial charge in [-0.05, 0) is 38.1 Å². The Morgan fingerprint density at radius 3 is 2.46 bits per heavy atom.